The highest BCUT2D eigenvalue weighted by Crippen LogP contribution is 2.51. The van der Waals surface area contributed by atoms with Gasteiger partial charge in [-0.3, -0.25) is 0 Å². The Morgan fingerprint density at radius 2 is 2.04 bits per heavy atom. The van der Waals surface area contributed by atoms with E-state index in [1.54, 1.807) is 13.2 Å². The lowest BCUT2D eigenvalue weighted by atomic mass is 9.92. The Balaban J connectivity index is 1.85. The Hall–Kier alpha value is -1.97. The smallest absolute Gasteiger partial charge is 0.169 e. The first kappa shape index (κ1) is 17.4. The Labute approximate surface area is 156 Å². The number of hydrogen-bond acceptors (Lipinski definition) is 3. The van der Waals surface area contributed by atoms with Crippen LogP contribution in [0.15, 0.2) is 24.4 Å². The van der Waals surface area contributed by atoms with E-state index >= 15 is 4.39 Å². The molecule has 2 fully saturated rings. The molecule has 0 radical (unpaired) electrons. The number of rotatable bonds is 4. The summed E-state index contributed by atoms with van der Waals surface area (Å²) >= 11 is 0. The first-order valence-electron chi connectivity index (χ1n) is 9.87. The van der Waals surface area contributed by atoms with Gasteiger partial charge in [0.25, 0.3) is 0 Å². The van der Waals surface area contributed by atoms with Gasteiger partial charge in [0.2, 0.25) is 0 Å². The van der Waals surface area contributed by atoms with Crippen LogP contribution >= 0.6 is 0 Å². The van der Waals surface area contributed by atoms with Crippen LogP contribution in [0, 0.1) is 11.7 Å². The van der Waals surface area contributed by atoms with Crippen molar-refractivity contribution >= 4 is 16.9 Å². The SMILES string of the molecule is C=C1C(C)=CN(C2CC2)c2c1cc(F)c(N1CCCC(CC)C1)c2OC. The van der Waals surface area contributed by atoms with E-state index in [9.17, 15) is 0 Å². The van der Waals surface area contributed by atoms with Gasteiger partial charge in [0.1, 0.15) is 5.69 Å². The minimum Gasteiger partial charge on any atom is -0.492 e. The average molecular weight is 356 g/mol. The molecule has 26 heavy (non-hydrogen) atoms. The van der Waals surface area contributed by atoms with Crippen LogP contribution in [-0.4, -0.2) is 26.2 Å². The van der Waals surface area contributed by atoms with Crippen molar-refractivity contribution in [2.75, 3.05) is 30.0 Å². The van der Waals surface area contributed by atoms with Crippen LogP contribution in [0.4, 0.5) is 15.8 Å². The van der Waals surface area contributed by atoms with Crippen molar-refractivity contribution in [2.24, 2.45) is 5.92 Å². The molecule has 4 heteroatoms. The topological polar surface area (TPSA) is 15.7 Å². The highest BCUT2D eigenvalue weighted by molar-refractivity contribution is 5.94. The second kappa shape index (κ2) is 6.64. The largest absolute Gasteiger partial charge is 0.492 e. The summed E-state index contributed by atoms with van der Waals surface area (Å²) in [5.74, 6) is 1.11. The number of piperidine rings is 1. The van der Waals surface area contributed by atoms with E-state index in [0.29, 0.717) is 23.4 Å². The predicted octanol–water partition coefficient (Wildman–Crippen LogP) is 5.36. The zero-order valence-electron chi connectivity index (χ0n) is 16.1. The highest BCUT2D eigenvalue weighted by Gasteiger charge is 2.37. The molecule has 0 bridgehead atoms. The number of benzene rings is 1. The van der Waals surface area contributed by atoms with Gasteiger partial charge >= 0.3 is 0 Å². The minimum absolute atomic E-state index is 0.191. The lowest BCUT2D eigenvalue weighted by Crippen LogP contribution is -2.36. The molecule has 3 aliphatic rings. The van der Waals surface area contributed by atoms with Crippen LogP contribution in [0.3, 0.4) is 0 Å². The van der Waals surface area contributed by atoms with E-state index < -0.39 is 0 Å². The number of anilines is 2. The predicted molar refractivity (Wildman–Crippen MR) is 106 cm³/mol. The van der Waals surface area contributed by atoms with E-state index in [2.05, 4.69) is 36.4 Å². The molecule has 140 valence electrons. The summed E-state index contributed by atoms with van der Waals surface area (Å²) in [6.45, 7) is 10.3. The highest BCUT2D eigenvalue weighted by atomic mass is 19.1. The number of halogens is 1. The monoisotopic (exact) mass is 356 g/mol. The second-order valence-electron chi connectivity index (χ2n) is 7.93. The molecule has 1 unspecified atom stereocenters. The molecule has 3 nitrogen and oxygen atoms in total. The van der Waals surface area contributed by atoms with Gasteiger partial charge < -0.3 is 14.5 Å². The lowest BCUT2D eigenvalue weighted by Gasteiger charge is -2.38. The summed E-state index contributed by atoms with van der Waals surface area (Å²) in [7, 11) is 1.67. The number of nitrogens with zero attached hydrogens (tertiary/aromatic N) is 2. The van der Waals surface area contributed by atoms with Crippen molar-refractivity contribution in [1.29, 1.82) is 0 Å². The summed E-state index contributed by atoms with van der Waals surface area (Å²) in [6, 6.07) is 2.17. The first-order valence-corrected chi connectivity index (χ1v) is 9.87. The summed E-state index contributed by atoms with van der Waals surface area (Å²) in [5.41, 5.74) is 4.50. The number of hydrogen-bond donors (Lipinski definition) is 0. The van der Waals surface area contributed by atoms with Crippen molar-refractivity contribution in [3.8, 4) is 5.75 Å². The van der Waals surface area contributed by atoms with Crippen LogP contribution in [0.5, 0.6) is 5.75 Å². The molecule has 1 saturated heterocycles. The average Bonchev–Trinajstić information content (AvgIpc) is 3.49. The summed E-state index contributed by atoms with van der Waals surface area (Å²) in [5, 5.41) is 0. The van der Waals surface area contributed by atoms with Crippen LogP contribution in [-0.2, 0) is 0 Å². The van der Waals surface area contributed by atoms with Gasteiger partial charge in [0, 0.05) is 30.9 Å². The minimum atomic E-state index is -0.191. The zero-order chi connectivity index (χ0) is 18.4. The van der Waals surface area contributed by atoms with Gasteiger partial charge in [-0.25, -0.2) is 4.39 Å². The van der Waals surface area contributed by atoms with Crippen LogP contribution in [0.1, 0.15) is 51.5 Å². The molecule has 0 aromatic heterocycles. The molecular formula is C22H29FN2O. The first-order chi connectivity index (χ1) is 12.5. The second-order valence-corrected chi connectivity index (χ2v) is 7.93. The Morgan fingerprint density at radius 1 is 1.27 bits per heavy atom. The Bertz CT molecular complexity index is 766. The van der Waals surface area contributed by atoms with Crippen molar-refractivity contribution in [2.45, 2.75) is 52.0 Å². The maximum atomic E-state index is 15.3. The maximum Gasteiger partial charge on any atom is 0.169 e. The molecule has 0 spiro atoms. The number of methoxy groups -OCH3 is 1. The number of fused-ring (bicyclic) bond motifs is 1. The summed E-state index contributed by atoms with van der Waals surface area (Å²) in [4.78, 5) is 4.49. The summed E-state index contributed by atoms with van der Waals surface area (Å²) < 4.78 is 21.1. The Morgan fingerprint density at radius 3 is 2.69 bits per heavy atom. The van der Waals surface area contributed by atoms with Crippen molar-refractivity contribution < 1.29 is 9.13 Å². The van der Waals surface area contributed by atoms with Gasteiger partial charge in [0.05, 0.1) is 12.8 Å². The molecule has 2 heterocycles. The van der Waals surface area contributed by atoms with Gasteiger partial charge in [-0.15, -0.1) is 0 Å². The third-order valence-electron chi connectivity index (χ3n) is 6.13. The van der Waals surface area contributed by atoms with Gasteiger partial charge in [-0.1, -0.05) is 19.9 Å². The number of allylic oxidation sites excluding steroid dienone is 2. The van der Waals surface area contributed by atoms with Crippen LogP contribution < -0.4 is 14.5 Å². The fourth-order valence-electron chi connectivity index (χ4n) is 4.39. The zero-order valence-corrected chi connectivity index (χ0v) is 16.1. The van der Waals surface area contributed by atoms with Gasteiger partial charge in [0.15, 0.2) is 11.6 Å². The molecule has 1 aromatic carbocycles. The molecule has 1 saturated carbocycles. The standard InChI is InChI=1S/C22H29FN2O/c1-5-16-7-6-10-24(13-16)21-19(23)11-18-15(3)14(2)12-25(17-8-9-17)20(18)22(21)26-4/h11-12,16-17H,3,5-10,13H2,1-2,4H3. The van der Waals surface area contributed by atoms with E-state index in [-0.39, 0.29) is 5.82 Å². The molecule has 4 rings (SSSR count). The van der Waals surface area contributed by atoms with Gasteiger partial charge in [-0.05, 0) is 55.7 Å². The molecule has 0 N–H and O–H groups in total. The number of ether oxygens (including phenoxy) is 1. The van der Waals surface area contributed by atoms with Crippen LogP contribution in [0.2, 0.25) is 0 Å². The summed E-state index contributed by atoms with van der Waals surface area (Å²) in [6.07, 6.45) is 7.99. The molecule has 1 aromatic rings. The van der Waals surface area contributed by atoms with Crippen molar-refractivity contribution in [3.63, 3.8) is 0 Å². The molecule has 1 atom stereocenters. The molecule has 1 aliphatic carbocycles. The Kier molecular flexibility index (Phi) is 4.45. The van der Waals surface area contributed by atoms with Crippen molar-refractivity contribution in [1.82, 2.24) is 0 Å². The maximum absolute atomic E-state index is 15.3. The fourth-order valence-corrected chi connectivity index (χ4v) is 4.39. The fraction of sp³-hybridized carbons (Fsp3) is 0.545. The third kappa shape index (κ3) is 2.80. The molecular weight excluding hydrogens is 327 g/mol. The van der Waals surface area contributed by atoms with Gasteiger partial charge in [-0.2, -0.15) is 0 Å². The third-order valence-corrected chi connectivity index (χ3v) is 6.13. The van der Waals surface area contributed by atoms with E-state index in [1.165, 1.54) is 19.3 Å². The van der Waals surface area contributed by atoms with E-state index in [1.807, 2.05) is 0 Å². The molecule has 0 amide bonds. The lowest BCUT2D eigenvalue weighted by molar-refractivity contribution is 0.385. The van der Waals surface area contributed by atoms with Crippen molar-refractivity contribution in [3.05, 3.63) is 35.8 Å². The normalized spacial score (nSPS) is 23.0. The quantitative estimate of drug-likeness (QED) is 0.722. The van der Waals surface area contributed by atoms with Crippen LogP contribution in [0.25, 0.3) is 5.57 Å². The van der Waals surface area contributed by atoms with E-state index in [4.69, 9.17) is 4.74 Å². The molecule has 2 aliphatic heterocycles. The van der Waals surface area contributed by atoms with E-state index in [0.717, 1.165) is 48.3 Å².